The van der Waals surface area contributed by atoms with E-state index < -0.39 is 0 Å². The number of rotatable bonds is 0. The molecule has 0 aromatic heterocycles. The Morgan fingerprint density at radius 2 is 1.50 bits per heavy atom. The van der Waals surface area contributed by atoms with Gasteiger partial charge in [-0.05, 0) is 0 Å². The molecule has 0 saturated heterocycles. The Bertz CT molecular complexity index is 99.4. The van der Waals surface area contributed by atoms with Crippen LogP contribution in [0.5, 0.6) is 0 Å². The van der Waals surface area contributed by atoms with Crippen molar-refractivity contribution in [1.82, 2.24) is 0 Å². The van der Waals surface area contributed by atoms with Gasteiger partial charge in [-0.25, -0.2) is 0 Å². The minimum absolute atomic E-state index is 0. The number of hydrogen-bond acceptors (Lipinski definition) is 3. The lowest BCUT2D eigenvalue weighted by Gasteiger charge is -1.34. The fourth-order valence-electron chi connectivity index (χ4n) is 0. The van der Waals surface area contributed by atoms with Gasteiger partial charge < -0.3 is 5.11 Å². The van der Waals surface area contributed by atoms with Gasteiger partial charge in [-0.2, -0.15) is 10.5 Å². The van der Waals surface area contributed by atoms with Crippen molar-refractivity contribution in [3.05, 3.63) is 0 Å². The molecule has 0 amide bonds. The summed E-state index contributed by atoms with van der Waals surface area (Å²) >= 11 is 0. The fraction of sp³-hybridized carbons (Fsp3) is 0. The van der Waals surface area contributed by atoms with Crippen LogP contribution in [0.15, 0.2) is 0 Å². The molecule has 1 N–H and O–H groups in total. The second-order valence-electron chi connectivity index (χ2n) is 0.329. The van der Waals surface area contributed by atoms with E-state index in [2.05, 4.69) is 0 Å². The molecule has 4 nitrogen and oxygen atoms in total. The smallest absolute Gasteiger partial charge is 0.290 e. The third-order valence-corrected chi connectivity index (χ3v) is 0.0500. The van der Waals surface area contributed by atoms with Crippen LogP contribution in [0.3, 0.4) is 0 Å². The molecule has 0 spiro atoms. The largest absolute Gasteiger partial charge is 0.483 e. The number of hydrogen-bond donors (Lipinski definition) is 1. The predicted molar refractivity (Wildman–Crippen MR) is 30.2 cm³/mol. The Morgan fingerprint density at radius 3 is 1.50 bits per heavy atom. The van der Waals surface area contributed by atoms with Crippen molar-refractivity contribution in [1.29, 1.82) is 10.5 Å². The number of carbonyl (C=O) groups is 1. The summed E-state index contributed by atoms with van der Waals surface area (Å²) in [6.07, 6.45) is 0. The maximum atomic E-state index is 8.36. The molecular weight excluding hydrogens is 176 g/mol. The molecule has 0 rings (SSSR count). The lowest BCUT2D eigenvalue weighted by atomic mass is 10.9. The van der Waals surface area contributed by atoms with Crippen molar-refractivity contribution in [2.75, 3.05) is 0 Å². The van der Waals surface area contributed by atoms with Crippen LogP contribution in [-0.2, 0) is 4.79 Å². The molecule has 0 radical (unpaired) electrons. The van der Waals surface area contributed by atoms with Gasteiger partial charge in [-0.3, -0.25) is 4.79 Å². The Kier molecular flexibility index (Phi) is 76.3. The Balaban J connectivity index is -0.0000000575. The van der Waals surface area contributed by atoms with Gasteiger partial charge in [0, 0.05) is 0 Å². The van der Waals surface area contributed by atoms with E-state index in [0.29, 0.717) is 0 Å². The number of carboxylic acid groups (broad SMARTS) is 1. The Hall–Kier alpha value is -1.07. The molecule has 0 atom stereocenters. The first-order chi connectivity index (χ1) is 3.33. The second-order valence-corrected chi connectivity index (χ2v) is 0.329. The molecule has 0 aliphatic rings. The first kappa shape index (κ1) is 15.8. The van der Waals surface area contributed by atoms with Crippen LogP contribution in [0, 0.1) is 22.7 Å². The monoisotopic (exact) mass is 178 g/mol. The van der Waals surface area contributed by atoms with Gasteiger partial charge >= 0.3 is 0 Å². The summed E-state index contributed by atoms with van der Waals surface area (Å²) in [6, 6.07) is 2.47. The minimum atomic E-state index is -0.250. The first-order valence-electron chi connectivity index (χ1n) is 1.19. The Morgan fingerprint density at radius 1 is 1.38 bits per heavy atom. The predicted octanol–water partition coefficient (Wildman–Crippen LogP) is 0.312. The first-order valence-corrected chi connectivity index (χ1v) is 1.19. The van der Waals surface area contributed by atoms with Crippen LogP contribution in [-0.4, -0.2) is 11.6 Å². The van der Waals surface area contributed by atoms with E-state index in [-0.39, 0.29) is 23.5 Å². The average molecular weight is 179 g/mol. The SMILES string of the molecule is Br.N#CC#N.O=CO. The van der Waals surface area contributed by atoms with E-state index in [1.54, 1.807) is 0 Å². The highest BCUT2D eigenvalue weighted by Crippen LogP contribution is 1.27. The van der Waals surface area contributed by atoms with Crippen molar-refractivity contribution in [3.8, 4) is 12.1 Å². The minimum Gasteiger partial charge on any atom is -0.483 e. The summed E-state index contributed by atoms with van der Waals surface area (Å²) in [6.45, 7) is -0.250. The zero-order chi connectivity index (χ0) is 6.12. The summed E-state index contributed by atoms with van der Waals surface area (Å²) in [5, 5.41) is 21.4. The summed E-state index contributed by atoms with van der Waals surface area (Å²) in [5.74, 6) is 0. The molecule has 0 unspecified atom stereocenters. The summed E-state index contributed by atoms with van der Waals surface area (Å²) in [4.78, 5) is 8.36. The van der Waals surface area contributed by atoms with Crippen molar-refractivity contribution < 1.29 is 9.90 Å². The van der Waals surface area contributed by atoms with Crippen LogP contribution in [0.1, 0.15) is 0 Å². The highest BCUT2D eigenvalue weighted by molar-refractivity contribution is 8.93. The molecular formula is C3H3BrN2O2. The standard InChI is InChI=1S/C2N2.CH2O2.BrH/c3-1-2-4;2-1-3;/h;1H,(H,2,3);1H. The van der Waals surface area contributed by atoms with Gasteiger partial charge in [0.1, 0.15) is 0 Å². The van der Waals surface area contributed by atoms with E-state index in [1.807, 2.05) is 0 Å². The van der Waals surface area contributed by atoms with E-state index in [4.69, 9.17) is 20.4 Å². The number of nitrogens with zero attached hydrogens (tertiary/aromatic N) is 2. The maximum absolute atomic E-state index is 8.36. The van der Waals surface area contributed by atoms with Crippen LogP contribution in [0.25, 0.3) is 0 Å². The molecule has 0 bridgehead atoms. The maximum Gasteiger partial charge on any atom is 0.290 e. The number of nitriles is 2. The molecule has 0 aliphatic heterocycles. The summed E-state index contributed by atoms with van der Waals surface area (Å²) < 4.78 is 0. The molecule has 0 saturated carbocycles. The molecule has 0 aromatic carbocycles. The molecule has 0 aromatic rings. The zero-order valence-electron chi connectivity index (χ0n) is 3.74. The third kappa shape index (κ3) is 15500. The van der Waals surface area contributed by atoms with Gasteiger partial charge in [0.15, 0.2) is 12.1 Å². The van der Waals surface area contributed by atoms with Crippen molar-refractivity contribution >= 4 is 23.5 Å². The fourth-order valence-corrected chi connectivity index (χ4v) is 0. The summed E-state index contributed by atoms with van der Waals surface area (Å²) in [5.41, 5.74) is 0. The van der Waals surface area contributed by atoms with E-state index in [9.17, 15) is 0 Å². The lowest BCUT2D eigenvalue weighted by Crippen LogP contribution is -1.49. The highest BCUT2D eigenvalue weighted by atomic mass is 79.9. The second kappa shape index (κ2) is 38.7. The van der Waals surface area contributed by atoms with E-state index in [1.165, 1.54) is 12.1 Å². The van der Waals surface area contributed by atoms with Crippen LogP contribution < -0.4 is 0 Å². The van der Waals surface area contributed by atoms with Crippen molar-refractivity contribution in [3.63, 3.8) is 0 Å². The molecule has 44 valence electrons. The van der Waals surface area contributed by atoms with Crippen molar-refractivity contribution in [2.24, 2.45) is 0 Å². The van der Waals surface area contributed by atoms with Gasteiger partial charge in [-0.15, -0.1) is 17.0 Å². The highest BCUT2D eigenvalue weighted by Gasteiger charge is 1.39. The lowest BCUT2D eigenvalue weighted by molar-refractivity contribution is -0.122. The normalized spacial score (nSPS) is 2.75. The van der Waals surface area contributed by atoms with E-state index >= 15 is 0 Å². The zero-order valence-corrected chi connectivity index (χ0v) is 5.45. The molecule has 0 aliphatic carbocycles. The van der Waals surface area contributed by atoms with Crippen LogP contribution in [0.4, 0.5) is 0 Å². The van der Waals surface area contributed by atoms with Crippen LogP contribution >= 0.6 is 17.0 Å². The molecule has 5 heteroatoms. The van der Waals surface area contributed by atoms with Crippen molar-refractivity contribution in [2.45, 2.75) is 0 Å². The van der Waals surface area contributed by atoms with Crippen LogP contribution in [0.2, 0.25) is 0 Å². The van der Waals surface area contributed by atoms with E-state index in [0.717, 1.165) is 0 Å². The number of halogens is 1. The van der Waals surface area contributed by atoms with Gasteiger partial charge in [-0.1, -0.05) is 0 Å². The average Bonchev–Trinajstić information content (AvgIpc) is 1.69. The topological polar surface area (TPSA) is 84.9 Å². The molecule has 0 fully saturated rings. The van der Waals surface area contributed by atoms with Gasteiger partial charge in [0.05, 0.1) is 0 Å². The molecule has 8 heavy (non-hydrogen) atoms. The summed E-state index contributed by atoms with van der Waals surface area (Å²) in [7, 11) is 0. The van der Waals surface area contributed by atoms with Gasteiger partial charge in [0.2, 0.25) is 0 Å². The Labute approximate surface area is 56.7 Å². The quantitative estimate of drug-likeness (QED) is 0.542. The third-order valence-electron chi connectivity index (χ3n) is 0.0500. The van der Waals surface area contributed by atoms with Gasteiger partial charge in [0.25, 0.3) is 6.47 Å². The molecule has 0 heterocycles.